The zero-order chi connectivity index (χ0) is 65.3. The van der Waals surface area contributed by atoms with Crippen molar-refractivity contribution in [3.63, 3.8) is 0 Å². The fourth-order valence-corrected chi connectivity index (χ4v) is 9.86. The highest BCUT2D eigenvalue weighted by Crippen LogP contribution is 2.45. The van der Waals surface area contributed by atoms with E-state index in [1.54, 1.807) is 0 Å². The predicted molar refractivity (Wildman–Crippen MR) is 362 cm³/mol. The Morgan fingerprint density at radius 1 is 0.326 bits per heavy atom. The molecule has 0 rings (SSSR count). The fraction of sp³-hybridized carbons (Fsp3) is 0.648. The van der Waals surface area contributed by atoms with Crippen LogP contribution in [0.25, 0.3) is 0 Å². The molecule has 0 saturated carbocycles. The molecular formula is C71H118O16P2. The minimum Gasteiger partial charge on any atom is -0.463 e. The summed E-state index contributed by atoms with van der Waals surface area (Å²) in [5, 5.41) is 20.5. The summed E-state index contributed by atoms with van der Waals surface area (Å²) in [5.41, 5.74) is 0. The molecule has 0 fully saturated rings. The number of esters is 3. The molecule has 0 aliphatic rings. The van der Waals surface area contributed by atoms with Crippen molar-refractivity contribution in [1.29, 1.82) is 0 Å². The van der Waals surface area contributed by atoms with Crippen LogP contribution in [0.15, 0.2) is 134 Å². The van der Waals surface area contributed by atoms with Crippen molar-refractivity contribution >= 4 is 33.6 Å². The number of phosphoric acid groups is 2. The minimum absolute atomic E-state index is 0.0807. The molecule has 18 heteroatoms. The molecule has 0 aliphatic carbocycles. The van der Waals surface area contributed by atoms with E-state index in [0.717, 1.165) is 180 Å². The summed E-state index contributed by atoms with van der Waals surface area (Å²) in [4.78, 5) is 58.3. The van der Waals surface area contributed by atoms with Crippen molar-refractivity contribution in [2.24, 2.45) is 0 Å². The number of unbranched alkanes of at least 4 members (excludes halogenated alkanes) is 17. The van der Waals surface area contributed by atoms with Crippen LogP contribution >= 0.6 is 15.6 Å². The van der Waals surface area contributed by atoms with Crippen LogP contribution in [0.1, 0.15) is 239 Å². The van der Waals surface area contributed by atoms with E-state index in [1.165, 1.54) is 0 Å². The lowest BCUT2D eigenvalue weighted by atomic mass is 10.1. The molecule has 0 aromatic heterocycles. The van der Waals surface area contributed by atoms with Crippen LogP contribution in [0, 0.1) is 0 Å². The average molecular weight is 1290 g/mol. The van der Waals surface area contributed by atoms with E-state index in [-0.39, 0.29) is 19.3 Å². The SMILES string of the molecule is CC/C=C\C/C=C\C/C=C\C/C=C\C/C=C\C/C=C\CCCCCCCCC(=O)OCC(O)COP(=O)(O)OCC(O)COP(=O)(O)OCC(COC(=O)CCCCCCC/C=C\C/C=C\C/C=C\CC)OC(=O)CCCCCCC/C=C\C/C=C\CCC. The van der Waals surface area contributed by atoms with E-state index in [2.05, 4.69) is 154 Å². The normalized spacial score (nSPS) is 15.1. The number of aliphatic hydroxyl groups excluding tert-OH is 2. The van der Waals surface area contributed by atoms with Crippen LogP contribution in [-0.4, -0.2) is 95.9 Å². The number of hydrogen-bond donors (Lipinski definition) is 4. The van der Waals surface area contributed by atoms with E-state index in [9.17, 15) is 43.5 Å². The maximum atomic E-state index is 12.9. The maximum absolute atomic E-state index is 12.9. The highest BCUT2D eigenvalue weighted by Gasteiger charge is 2.29. The molecule has 4 N–H and O–H groups in total. The van der Waals surface area contributed by atoms with Crippen molar-refractivity contribution in [1.82, 2.24) is 0 Å². The lowest BCUT2D eigenvalue weighted by Gasteiger charge is -2.21. The highest BCUT2D eigenvalue weighted by molar-refractivity contribution is 7.47. The van der Waals surface area contributed by atoms with Gasteiger partial charge in [0.15, 0.2) is 6.10 Å². The Morgan fingerprint density at radius 3 is 0.944 bits per heavy atom. The van der Waals surface area contributed by atoms with Crippen LogP contribution in [0.2, 0.25) is 0 Å². The fourth-order valence-electron chi connectivity index (χ4n) is 8.27. The van der Waals surface area contributed by atoms with Crippen LogP contribution in [0.4, 0.5) is 0 Å². The molecular weight excluding hydrogens is 1170 g/mol. The van der Waals surface area contributed by atoms with Crippen LogP contribution in [0.5, 0.6) is 0 Å². The minimum atomic E-state index is -4.93. The molecule has 16 nitrogen and oxygen atoms in total. The van der Waals surface area contributed by atoms with Crippen molar-refractivity contribution in [2.75, 3.05) is 39.6 Å². The molecule has 5 unspecified atom stereocenters. The second kappa shape index (κ2) is 63.8. The Morgan fingerprint density at radius 2 is 0.596 bits per heavy atom. The summed E-state index contributed by atoms with van der Waals surface area (Å²) in [7, 11) is -9.79. The van der Waals surface area contributed by atoms with Gasteiger partial charge in [0.1, 0.15) is 25.4 Å². The number of carbonyl (C=O) groups is 3. The summed E-state index contributed by atoms with van der Waals surface area (Å²) in [5.74, 6) is -1.63. The van der Waals surface area contributed by atoms with Gasteiger partial charge in [-0.2, -0.15) is 0 Å². The Kier molecular flexibility index (Phi) is 60.7. The number of carbonyl (C=O) groups excluding carboxylic acids is 3. The molecule has 0 amide bonds. The molecule has 508 valence electrons. The van der Waals surface area contributed by atoms with Gasteiger partial charge in [0.25, 0.3) is 0 Å². The number of allylic oxidation sites excluding steroid dienone is 22. The maximum Gasteiger partial charge on any atom is 0.472 e. The predicted octanol–water partition coefficient (Wildman–Crippen LogP) is 18.4. The average Bonchev–Trinajstić information content (AvgIpc) is 3.70. The van der Waals surface area contributed by atoms with Gasteiger partial charge in [-0.05, 0) is 128 Å². The molecule has 5 atom stereocenters. The highest BCUT2D eigenvalue weighted by atomic mass is 31.2. The Labute approximate surface area is 537 Å². The summed E-state index contributed by atoms with van der Waals surface area (Å²) in [6, 6.07) is 0. The van der Waals surface area contributed by atoms with Crippen LogP contribution in [0.3, 0.4) is 0 Å². The van der Waals surface area contributed by atoms with Gasteiger partial charge in [0, 0.05) is 19.3 Å². The number of hydrogen-bond acceptors (Lipinski definition) is 14. The molecule has 0 aromatic carbocycles. The summed E-state index contributed by atoms with van der Waals surface area (Å²) in [6.45, 7) is 2.29. The largest absolute Gasteiger partial charge is 0.472 e. The first-order valence-corrected chi connectivity index (χ1v) is 36.5. The van der Waals surface area contributed by atoms with E-state index < -0.39 is 91.5 Å². The molecule has 0 radical (unpaired) electrons. The quantitative estimate of drug-likeness (QED) is 0.0146. The van der Waals surface area contributed by atoms with Gasteiger partial charge in [-0.25, -0.2) is 9.13 Å². The molecule has 0 bridgehead atoms. The number of phosphoric ester groups is 2. The molecule has 89 heavy (non-hydrogen) atoms. The van der Waals surface area contributed by atoms with Gasteiger partial charge in [0.05, 0.1) is 26.4 Å². The van der Waals surface area contributed by atoms with Crippen molar-refractivity contribution < 1.29 is 75.8 Å². The zero-order valence-electron chi connectivity index (χ0n) is 54.8. The lowest BCUT2D eigenvalue weighted by Crippen LogP contribution is -2.30. The number of rotatable bonds is 62. The van der Waals surface area contributed by atoms with Gasteiger partial charge in [-0.15, -0.1) is 0 Å². The third-order valence-electron chi connectivity index (χ3n) is 13.3. The standard InChI is InChI=1S/C71H118O16P2/c1-4-7-10-13-16-19-22-25-27-28-29-30-31-32-33-34-35-36-38-41-42-45-48-51-54-57-69(74)81-60-66(72)61-83-88(77,78)84-62-67(73)63-85-89(79,80)86-65-68(87-71(76)59-56-53-50-47-44-39-24-21-18-15-12-9-6-3)64-82-70(75)58-55-52-49-46-43-40-37-26-23-20-17-14-11-8-5-2/h7-8,10-12,15-17,19-21,24-27,29-30,32-33,35-37,66-68,72-73H,4-6,9,13-14,18,22-23,28,31,34,38-65H2,1-3H3,(H,77,78)(H,79,80)/b10-7-,11-8-,15-12-,19-16-,20-17-,24-21-,27-25-,30-29-,33-32-,36-35-,37-26-. The summed E-state index contributed by atoms with van der Waals surface area (Å²) < 4.78 is 60.8. The molecule has 0 saturated heterocycles. The Balaban J connectivity index is 4.59. The van der Waals surface area contributed by atoms with Gasteiger partial charge in [-0.3, -0.25) is 32.5 Å². The van der Waals surface area contributed by atoms with Gasteiger partial charge < -0.3 is 34.2 Å². The van der Waals surface area contributed by atoms with Crippen LogP contribution < -0.4 is 0 Å². The molecule has 0 spiro atoms. The lowest BCUT2D eigenvalue weighted by molar-refractivity contribution is -0.161. The van der Waals surface area contributed by atoms with Crippen molar-refractivity contribution in [3.8, 4) is 0 Å². The summed E-state index contributed by atoms with van der Waals surface area (Å²) in [6.07, 6.45) is 73.7. The smallest absolute Gasteiger partial charge is 0.463 e. The van der Waals surface area contributed by atoms with Crippen molar-refractivity contribution in [2.45, 2.75) is 257 Å². The van der Waals surface area contributed by atoms with E-state index in [1.807, 2.05) is 0 Å². The van der Waals surface area contributed by atoms with Gasteiger partial charge in [0.2, 0.25) is 0 Å². The number of ether oxygens (including phenoxy) is 3. The van der Waals surface area contributed by atoms with Crippen molar-refractivity contribution in [3.05, 3.63) is 134 Å². The van der Waals surface area contributed by atoms with Crippen LogP contribution in [-0.2, 0) is 55.8 Å². The summed E-state index contributed by atoms with van der Waals surface area (Å²) >= 11 is 0. The van der Waals surface area contributed by atoms with E-state index >= 15 is 0 Å². The third-order valence-corrected chi connectivity index (χ3v) is 15.2. The second-order valence-electron chi connectivity index (χ2n) is 21.9. The monoisotopic (exact) mass is 1290 g/mol. The molecule has 0 aromatic rings. The number of aliphatic hydroxyl groups is 2. The first-order chi connectivity index (χ1) is 43.2. The van der Waals surface area contributed by atoms with Gasteiger partial charge in [-0.1, -0.05) is 225 Å². The Bertz CT molecular complexity index is 2160. The van der Waals surface area contributed by atoms with E-state index in [4.69, 9.17) is 32.3 Å². The topological polar surface area (TPSA) is 231 Å². The zero-order valence-corrected chi connectivity index (χ0v) is 56.6. The first-order valence-electron chi connectivity index (χ1n) is 33.5. The van der Waals surface area contributed by atoms with E-state index in [0.29, 0.717) is 19.3 Å². The Hall–Kier alpha value is -4.31. The van der Waals surface area contributed by atoms with Gasteiger partial charge >= 0.3 is 33.6 Å². The molecule has 0 heterocycles. The first kappa shape index (κ1) is 84.7. The molecule has 0 aliphatic heterocycles. The second-order valence-corrected chi connectivity index (χ2v) is 24.8. The third kappa shape index (κ3) is 65.0.